The molecule has 1 amide bonds. The number of hydrogen-bond acceptors (Lipinski definition) is 3. The zero-order valence-corrected chi connectivity index (χ0v) is 11.6. The van der Waals surface area contributed by atoms with Crippen molar-refractivity contribution in [2.75, 3.05) is 26.0 Å². The van der Waals surface area contributed by atoms with E-state index in [2.05, 4.69) is 0 Å². The maximum Gasteiger partial charge on any atom is 0.256 e. The summed E-state index contributed by atoms with van der Waals surface area (Å²) in [6, 6.07) is 3.91. The zero-order valence-electron chi connectivity index (χ0n) is 11.6. The number of carbonyl (C=O) groups excluding carboxylic acids is 1. The van der Waals surface area contributed by atoms with Gasteiger partial charge in [-0.15, -0.1) is 0 Å². The normalized spacial score (nSPS) is 12.2. The Kier molecular flexibility index (Phi) is 5.76. The number of nitrogen functional groups attached to an aromatic ring is 1. The quantitative estimate of drug-likeness (QED) is 0.805. The summed E-state index contributed by atoms with van der Waals surface area (Å²) in [5.41, 5.74) is 6.21. The molecule has 0 fully saturated rings. The van der Waals surface area contributed by atoms with Gasteiger partial charge in [-0.2, -0.15) is 0 Å². The number of nitrogens with two attached hydrogens (primary N) is 1. The lowest BCUT2D eigenvalue weighted by molar-refractivity contribution is 0.0615. The number of ether oxygens (including phenoxy) is 1. The Hall–Kier alpha value is -1.62. The Balaban J connectivity index is 2.97. The molecule has 0 radical (unpaired) electrons. The third kappa shape index (κ3) is 3.92. The third-order valence-electron chi connectivity index (χ3n) is 3.16. The third-order valence-corrected chi connectivity index (χ3v) is 3.16. The molecular weight excluding hydrogens is 247 g/mol. The predicted octanol–water partition coefficient (Wildman–Crippen LogP) is 2.30. The Morgan fingerprint density at radius 3 is 2.74 bits per heavy atom. The highest BCUT2D eigenvalue weighted by molar-refractivity contribution is 5.99. The SMILES string of the molecule is CCC(C)N(CCOC)C(=O)c1ccc(F)cc1N. The van der Waals surface area contributed by atoms with E-state index in [1.807, 2.05) is 13.8 Å². The summed E-state index contributed by atoms with van der Waals surface area (Å²) in [6.45, 7) is 4.91. The van der Waals surface area contributed by atoms with E-state index >= 15 is 0 Å². The molecule has 0 aromatic heterocycles. The lowest BCUT2D eigenvalue weighted by Gasteiger charge is -2.28. The van der Waals surface area contributed by atoms with E-state index in [1.54, 1.807) is 12.0 Å². The first-order chi connectivity index (χ1) is 9.01. The number of amides is 1. The van der Waals surface area contributed by atoms with Crippen LogP contribution in [0.4, 0.5) is 10.1 Å². The number of anilines is 1. The fraction of sp³-hybridized carbons (Fsp3) is 0.500. The Bertz CT molecular complexity index is 437. The standard InChI is InChI=1S/C14H21FN2O2/c1-4-10(2)17(7-8-19-3)14(18)12-6-5-11(15)9-13(12)16/h5-6,9-10H,4,7-8,16H2,1-3H3. The summed E-state index contributed by atoms with van der Waals surface area (Å²) in [5.74, 6) is -0.634. The molecule has 0 saturated carbocycles. The summed E-state index contributed by atoms with van der Waals surface area (Å²) in [4.78, 5) is 14.2. The van der Waals surface area contributed by atoms with Crippen molar-refractivity contribution in [3.8, 4) is 0 Å². The van der Waals surface area contributed by atoms with Gasteiger partial charge in [0.2, 0.25) is 0 Å². The fourth-order valence-electron chi connectivity index (χ4n) is 1.82. The molecule has 1 unspecified atom stereocenters. The molecule has 0 saturated heterocycles. The van der Waals surface area contributed by atoms with Gasteiger partial charge in [-0.1, -0.05) is 6.92 Å². The average Bonchev–Trinajstić information content (AvgIpc) is 2.38. The van der Waals surface area contributed by atoms with Crippen molar-refractivity contribution in [1.29, 1.82) is 0 Å². The lowest BCUT2D eigenvalue weighted by atomic mass is 10.1. The van der Waals surface area contributed by atoms with Crippen LogP contribution in [0.15, 0.2) is 18.2 Å². The van der Waals surface area contributed by atoms with Crippen LogP contribution >= 0.6 is 0 Å². The molecule has 1 aromatic rings. The van der Waals surface area contributed by atoms with Crippen LogP contribution in [-0.4, -0.2) is 37.1 Å². The van der Waals surface area contributed by atoms with Gasteiger partial charge in [-0.05, 0) is 31.5 Å². The number of halogens is 1. The zero-order chi connectivity index (χ0) is 14.4. The number of hydrogen-bond donors (Lipinski definition) is 1. The maximum atomic E-state index is 13.0. The summed E-state index contributed by atoms with van der Waals surface area (Å²) in [5, 5.41) is 0. The first kappa shape index (κ1) is 15.4. The first-order valence-corrected chi connectivity index (χ1v) is 6.36. The molecule has 1 atom stereocenters. The van der Waals surface area contributed by atoms with Crippen LogP contribution in [0.25, 0.3) is 0 Å². The molecule has 5 heteroatoms. The summed E-state index contributed by atoms with van der Waals surface area (Å²) < 4.78 is 18.0. The van der Waals surface area contributed by atoms with Gasteiger partial charge >= 0.3 is 0 Å². The average molecular weight is 268 g/mol. The second-order valence-electron chi connectivity index (χ2n) is 4.48. The highest BCUT2D eigenvalue weighted by Gasteiger charge is 2.22. The molecule has 1 aromatic carbocycles. The number of benzene rings is 1. The molecule has 0 aliphatic carbocycles. The molecule has 0 bridgehead atoms. The number of nitrogens with zero attached hydrogens (tertiary/aromatic N) is 1. The molecule has 0 aliphatic rings. The Morgan fingerprint density at radius 2 is 2.21 bits per heavy atom. The van der Waals surface area contributed by atoms with Crippen molar-refractivity contribution < 1.29 is 13.9 Å². The van der Waals surface area contributed by atoms with Crippen molar-refractivity contribution in [1.82, 2.24) is 4.90 Å². The maximum absolute atomic E-state index is 13.0. The summed E-state index contributed by atoms with van der Waals surface area (Å²) in [7, 11) is 1.59. The molecule has 2 N–H and O–H groups in total. The molecule has 106 valence electrons. The molecule has 19 heavy (non-hydrogen) atoms. The van der Waals surface area contributed by atoms with Gasteiger partial charge in [-0.25, -0.2) is 4.39 Å². The fourth-order valence-corrected chi connectivity index (χ4v) is 1.82. The van der Waals surface area contributed by atoms with Crippen LogP contribution in [0.3, 0.4) is 0 Å². The summed E-state index contributed by atoms with van der Waals surface area (Å²) >= 11 is 0. The molecule has 0 heterocycles. The smallest absolute Gasteiger partial charge is 0.256 e. The van der Waals surface area contributed by atoms with E-state index in [4.69, 9.17) is 10.5 Å². The van der Waals surface area contributed by atoms with E-state index < -0.39 is 5.82 Å². The minimum Gasteiger partial charge on any atom is -0.398 e. The van der Waals surface area contributed by atoms with Crippen LogP contribution in [0, 0.1) is 5.82 Å². The topological polar surface area (TPSA) is 55.6 Å². The molecule has 1 rings (SSSR count). The summed E-state index contributed by atoms with van der Waals surface area (Å²) in [6.07, 6.45) is 0.830. The lowest BCUT2D eigenvalue weighted by Crippen LogP contribution is -2.40. The van der Waals surface area contributed by atoms with Gasteiger partial charge in [-0.3, -0.25) is 4.79 Å². The van der Waals surface area contributed by atoms with Gasteiger partial charge in [0.25, 0.3) is 5.91 Å². The molecule has 0 aliphatic heterocycles. The van der Waals surface area contributed by atoms with Crippen molar-refractivity contribution in [3.05, 3.63) is 29.6 Å². The number of carbonyl (C=O) groups is 1. The largest absolute Gasteiger partial charge is 0.398 e. The van der Waals surface area contributed by atoms with Gasteiger partial charge in [0, 0.05) is 25.4 Å². The number of methoxy groups -OCH3 is 1. The van der Waals surface area contributed by atoms with Gasteiger partial charge in [0.05, 0.1) is 12.2 Å². The van der Waals surface area contributed by atoms with Crippen molar-refractivity contribution in [3.63, 3.8) is 0 Å². The van der Waals surface area contributed by atoms with Gasteiger partial charge in [0.1, 0.15) is 5.82 Å². The second-order valence-corrected chi connectivity index (χ2v) is 4.48. The van der Waals surface area contributed by atoms with Crippen molar-refractivity contribution in [2.24, 2.45) is 0 Å². The van der Waals surface area contributed by atoms with E-state index in [0.29, 0.717) is 18.7 Å². The van der Waals surface area contributed by atoms with E-state index in [0.717, 1.165) is 6.42 Å². The van der Waals surface area contributed by atoms with Crippen molar-refractivity contribution in [2.45, 2.75) is 26.3 Å². The monoisotopic (exact) mass is 268 g/mol. The number of rotatable bonds is 6. The van der Waals surface area contributed by atoms with E-state index in [1.165, 1.54) is 18.2 Å². The van der Waals surface area contributed by atoms with E-state index in [9.17, 15) is 9.18 Å². The highest BCUT2D eigenvalue weighted by Crippen LogP contribution is 2.18. The van der Waals surface area contributed by atoms with Crippen LogP contribution < -0.4 is 5.73 Å². The molecule has 4 nitrogen and oxygen atoms in total. The van der Waals surface area contributed by atoms with Crippen LogP contribution in [0.5, 0.6) is 0 Å². The van der Waals surface area contributed by atoms with Crippen LogP contribution in [-0.2, 0) is 4.74 Å². The van der Waals surface area contributed by atoms with Crippen LogP contribution in [0.2, 0.25) is 0 Å². The Morgan fingerprint density at radius 1 is 1.53 bits per heavy atom. The van der Waals surface area contributed by atoms with Gasteiger partial charge < -0.3 is 15.4 Å². The first-order valence-electron chi connectivity index (χ1n) is 6.36. The minimum absolute atomic E-state index is 0.0760. The molecule has 0 spiro atoms. The van der Waals surface area contributed by atoms with Gasteiger partial charge in [0.15, 0.2) is 0 Å². The van der Waals surface area contributed by atoms with Crippen molar-refractivity contribution >= 4 is 11.6 Å². The predicted molar refractivity (Wildman–Crippen MR) is 73.5 cm³/mol. The highest BCUT2D eigenvalue weighted by atomic mass is 19.1. The molecular formula is C14H21FN2O2. The van der Waals surface area contributed by atoms with E-state index in [-0.39, 0.29) is 17.6 Å². The Labute approximate surface area is 113 Å². The second kappa shape index (κ2) is 7.09. The van der Waals surface area contributed by atoms with Crippen LogP contribution in [0.1, 0.15) is 30.6 Å². The minimum atomic E-state index is -0.443.